The Balaban J connectivity index is 1.11. The SMILES string of the molecule is c1ccc(-c2ccc(N(c3ccc4cc(-c5ccccc5)ccc4c3)c3ccc4sc5cc6sc(-c7ccccc7)nc6cc5c4c3)cc2)cc1. The zero-order valence-electron chi connectivity index (χ0n) is 27.5. The van der Waals surface area contributed by atoms with Crippen LogP contribution in [-0.4, -0.2) is 4.98 Å². The van der Waals surface area contributed by atoms with Crippen molar-refractivity contribution in [3.8, 4) is 32.8 Å². The number of nitrogens with zero attached hydrogens (tertiary/aromatic N) is 2. The number of hydrogen-bond acceptors (Lipinski definition) is 4. The van der Waals surface area contributed by atoms with Gasteiger partial charge in [0.1, 0.15) is 5.01 Å². The second-order valence-corrected chi connectivity index (χ2v) is 15.0. The Bertz CT molecular complexity index is 2840. The highest BCUT2D eigenvalue weighted by molar-refractivity contribution is 7.26. The standard InChI is InChI=1S/C47H30N2S2/c1-4-10-31(11-5-1)33-18-21-38(22-19-33)49(39-23-20-36-26-35(16-17-37(36)27-39)32-12-6-2-7-13-32)40-24-25-44-41(28-40)42-29-43-46(30-45(42)50-44)51-47(48-43)34-14-8-3-9-15-34/h1-30H. The number of fused-ring (bicyclic) bond motifs is 5. The summed E-state index contributed by atoms with van der Waals surface area (Å²) in [5.74, 6) is 0. The van der Waals surface area contributed by atoms with Gasteiger partial charge in [0.2, 0.25) is 0 Å². The summed E-state index contributed by atoms with van der Waals surface area (Å²) in [5.41, 5.74) is 10.4. The minimum absolute atomic E-state index is 1.05. The van der Waals surface area contributed by atoms with Gasteiger partial charge in [-0.05, 0) is 93.7 Å². The maximum absolute atomic E-state index is 5.07. The smallest absolute Gasteiger partial charge is 0.124 e. The van der Waals surface area contributed by atoms with Gasteiger partial charge in [0.25, 0.3) is 0 Å². The van der Waals surface area contributed by atoms with Gasteiger partial charge in [-0.3, -0.25) is 0 Å². The molecule has 0 radical (unpaired) electrons. The van der Waals surface area contributed by atoms with E-state index in [-0.39, 0.29) is 0 Å². The van der Waals surface area contributed by atoms with E-state index in [1.807, 2.05) is 11.3 Å². The van der Waals surface area contributed by atoms with E-state index in [4.69, 9.17) is 4.98 Å². The summed E-state index contributed by atoms with van der Waals surface area (Å²) in [5, 5.41) is 6.00. The Morgan fingerprint density at radius 2 is 0.902 bits per heavy atom. The van der Waals surface area contributed by atoms with Gasteiger partial charge in [0, 0.05) is 42.8 Å². The van der Waals surface area contributed by atoms with E-state index in [1.165, 1.54) is 57.9 Å². The van der Waals surface area contributed by atoms with Gasteiger partial charge < -0.3 is 4.90 Å². The summed E-state index contributed by atoms with van der Waals surface area (Å²) >= 11 is 3.62. The molecule has 0 unspecified atom stereocenters. The fourth-order valence-electron chi connectivity index (χ4n) is 7.09. The van der Waals surface area contributed by atoms with Gasteiger partial charge in [-0.15, -0.1) is 22.7 Å². The van der Waals surface area contributed by atoms with E-state index in [0.29, 0.717) is 0 Å². The van der Waals surface area contributed by atoms with E-state index in [0.717, 1.165) is 33.1 Å². The number of benzene rings is 8. The molecule has 240 valence electrons. The Hall–Kier alpha value is -6.07. The first-order chi connectivity index (χ1) is 25.2. The molecule has 0 amide bonds. The second kappa shape index (κ2) is 12.4. The van der Waals surface area contributed by atoms with Crippen molar-refractivity contribution in [2.75, 3.05) is 4.90 Å². The molecule has 0 aliphatic rings. The molecule has 2 aromatic heterocycles. The number of thiazole rings is 1. The zero-order chi connectivity index (χ0) is 33.7. The van der Waals surface area contributed by atoms with Crippen molar-refractivity contribution in [3.05, 3.63) is 182 Å². The minimum atomic E-state index is 1.05. The monoisotopic (exact) mass is 686 g/mol. The van der Waals surface area contributed by atoms with Crippen molar-refractivity contribution in [1.29, 1.82) is 0 Å². The molecule has 10 aromatic rings. The van der Waals surface area contributed by atoms with Crippen molar-refractivity contribution in [3.63, 3.8) is 0 Å². The van der Waals surface area contributed by atoms with Crippen molar-refractivity contribution in [1.82, 2.24) is 4.98 Å². The maximum atomic E-state index is 5.07. The van der Waals surface area contributed by atoms with Crippen LogP contribution in [0.5, 0.6) is 0 Å². The van der Waals surface area contributed by atoms with Crippen LogP contribution in [0, 0.1) is 0 Å². The summed E-state index contributed by atoms with van der Waals surface area (Å²) in [6.45, 7) is 0. The van der Waals surface area contributed by atoms with E-state index in [9.17, 15) is 0 Å². The van der Waals surface area contributed by atoms with Gasteiger partial charge in [0.05, 0.1) is 10.2 Å². The van der Waals surface area contributed by atoms with Gasteiger partial charge in [-0.2, -0.15) is 0 Å². The fraction of sp³-hybridized carbons (Fsp3) is 0. The van der Waals surface area contributed by atoms with Crippen molar-refractivity contribution in [2.24, 2.45) is 0 Å². The van der Waals surface area contributed by atoms with E-state index >= 15 is 0 Å². The van der Waals surface area contributed by atoms with E-state index in [1.54, 1.807) is 11.3 Å². The predicted molar refractivity (Wildman–Crippen MR) is 221 cm³/mol. The first kappa shape index (κ1) is 29.8. The molecule has 0 aliphatic heterocycles. The highest BCUT2D eigenvalue weighted by Crippen LogP contribution is 2.44. The molecule has 2 heterocycles. The van der Waals surface area contributed by atoms with E-state index < -0.39 is 0 Å². The molecule has 0 N–H and O–H groups in total. The van der Waals surface area contributed by atoms with Crippen LogP contribution in [0.2, 0.25) is 0 Å². The minimum Gasteiger partial charge on any atom is -0.310 e. The van der Waals surface area contributed by atoms with Gasteiger partial charge in [-0.1, -0.05) is 121 Å². The zero-order valence-corrected chi connectivity index (χ0v) is 29.2. The lowest BCUT2D eigenvalue weighted by atomic mass is 10.0. The van der Waals surface area contributed by atoms with Gasteiger partial charge in [0.15, 0.2) is 0 Å². The summed E-state index contributed by atoms with van der Waals surface area (Å²) in [4.78, 5) is 7.46. The topological polar surface area (TPSA) is 16.1 Å². The third kappa shape index (κ3) is 5.46. The first-order valence-corrected chi connectivity index (χ1v) is 18.7. The molecule has 4 heteroatoms. The third-order valence-corrected chi connectivity index (χ3v) is 11.9. The quantitative estimate of drug-likeness (QED) is 0.173. The highest BCUT2D eigenvalue weighted by Gasteiger charge is 2.17. The highest BCUT2D eigenvalue weighted by atomic mass is 32.1. The lowest BCUT2D eigenvalue weighted by molar-refractivity contribution is 1.30. The summed E-state index contributed by atoms with van der Waals surface area (Å²) in [6, 6.07) is 65.7. The Labute approximate surface area is 304 Å². The molecule has 51 heavy (non-hydrogen) atoms. The lowest BCUT2D eigenvalue weighted by Crippen LogP contribution is -2.09. The molecule has 2 nitrogen and oxygen atoms in total. The molecule has 0 bridgehead atoms. The largest absolute Gasteiger partial charge is 0.310 e. The average Bonchev–Trinajstić information content (AvgIpc) is 3.78. The van der Waals surface area contributed by atoms with E-state index in [2.05, 4.69) is 187 Å². The number of rotatable bonds is 6. The fourth-order valence-corrected chi connectivity index (χ4v) is 9.27. The Morgan fingerprint density at radius 1 is 0.353 bits per heavy atom. The molecule has 0 saturated carbocycles. The first-order valence-electron chi connectivity index (χ1n) is 17.1. The molecule has 0 spiro atoms. The van der Waals surface area contributed by atoms with Gasteiger partial charge >= 0.3 is 0 Å². The third-order valence-electron chi connectivity index (χ3n) is 9.66. The molecule has 10 rings (SSSR count). The van der Waals surface area contributed by atoms with Crippen molar-refractivity contribution >= 4 is 80.9 Å². The van der Waals surface area contributed by atoms with Crippen LogP contribution in [0.1, 0.15) is 0 Å². The maximum Gasteiger partial charge on any atom is 0.124 e. The average molecular weight is 687 g/mol. The number of hydrogen-bond donors (Lipinski definition) is 0. The summed E-state index contributed by atoms with van der Waals surface area (Å²) < 4.78 is 3.79. The van der Waals surface area contributed by atoms with Crippen LogP contribution in [0.15, 0.2) is 182 Å². The summed E-state index contributed by atoms with van der Waals surface area (Å²) in [6.07, 6.45) is 0. The molecular formula is C47H30N2S2. The van der Waals surface area contributed by atoms with Crippen LogP contribution in [0.3, 0.4) is 0 Å². The van der Waals surface area contributed by atoms with Crippen molar-refractivity contribution in [2.45, 2.75) is 0 Å². The molecule has 0 atom stereocenters. The molecule has 0 fully saturated rings. The molecular weight excluding hydrogens is 657 g/mol. The van der Waals surface area contributed by atoms with Gasteiger partial charge in [-0.25, -0.2) is 4.98 Å². The Kier molecular flexibility index (Phi) is 7.23. The van der Waals surface area contributed by atoms with Crippen molar-refractivity contribution < 1.29 is 0 Å². The van der Waals surface area contributed by atoms with Crippen LogP contribution < -0.4 is 4.90 Å². The summed E-state index contributed by atoms with van der Waals surface area (Å²) in [7, 11) is 0. The van der Waals surface area contributed by atoms with Crippen LogP contribution in [0.25, 0.3) is 74.0 Å². The lowest BCUT2D eigenvalue weighted by Gasteiger charge is -2.26. The predicted octanol–water partition coefficient (Wildman–Crippen LogP) is 14.3. The molecule has 0 saturated heterocycles. The Morgan fingerprint density at radius 3 is 1.65 bits per heavy atom. The van der Waals surface area contributed by atoms with Crippen LogP contribution >= 0.6 is 22.7 Å². The number of thiophene rings is 1. The number of aromatic nitrogens is 1. The molecule has 8 aromatic carbocycles. The molecule has 0 aliphatic carbocycles. The van der Waals surface area contributed by atoms with Crippen LogP contribution in [0.4, 0.5) is 17.1 Å². The second-order valence-electron chi connectivity index (χ2n) is 12.8. The normalized spacial score (nSPS) is 11.5. The van der Waals surface area contributed by atoms with Crippen LogP contribution in [-0.2, 0) is 0 Å². The number of anilines is 3.